The number of fused-ring (bicyclic) bond motifs is 1. The molecule has 1 amide bonds. The van der Waals surface area contributed by atoms with E-state index >= 15 is 0 Å². The number of nitrogens with zero attached hydrogens (tertiary/aromatic N) is 2. The molecule has 0 aliphatic heterocycles. The topological polar surface area (TPSA) is 78.9 Å². The van der Waals surface area contributed by atoms with Crippen LogP contribution in [-0.4, -0.2) is 11.1 Å². The second-order valence-electron chi connectivity index (χ2n) is 7.38. The molecule has 0 aromatic carbocycles. The first-order valence-electron chi connectivity index (χ1n) is 8.65. The Morgan fingerprint density at radius 3 is 2.92 bits per heavy atom. The van der Waals surface area contributed by atoms with E-state index in [-0.39, 0.29) is 17.0 Å². The lowest BCUT2D eigenvalue weighted by Gasteiger charge is -2.36. The maximum atomic E-state index is 12.3. The van der Waals surface area contributed by atoms with Crippen LogP contribution in [0.3, 0.4) is 0 Å². The Hall–Kier alpha value is -2.13. The number of amides is 1. The average Bonchev–Trinajstić information content (AvgIpc) is 3.17. The summed E-state index contributed by atoms with van der Waals surface area (Å²) in [7, 11) is 0. The minimum absolute atomic E-state index is 0.234. The molecule has 1 atom stereocenters. The summed E-state index contributed by atoms with van der Waals surface area (Å²) in [6.07, 6.45) is 4.12. The predicted molar refractivity (Wildman–Crippen MR) is 97.8 cm³/mol. The number of nitrogens with one attached hydrogen (secondary N) is 1. The standard InChI is InChI=1S/C19H23N3O2S/c1-5-19(3,4)12-6-7-13-14(10-20)18(25-16(13)9-12)21-17(23)15-8-11(2)24-22-15/h8,12H,5-7,9H2,1-4H3,(H,21,23)/t12-/m0/s1. The minimum atomic E-state index is -0.336. The lowest BCUT2D eigenvalue weighted by atomic mass is 9.69. The van der Waals surface area contributed by atoms with Crippen LogP contribution in [0.5, 0.6) is 0 Å². The summed E-state index contributed by atoms with van der Waals surface area (Å²) in [6, 6.07) is 3.88. The molecule has 2 aromatic heterocycles. The van der Waals surface area contributed by atoms with Crippen LogP contribution in [0, 0.1) is 29.6 Å². The number of carbonyl (C=O) groups excluding carboxylic acids is 1. The van der Waals surface area contributed by atoms with Gasteiger partial charge in [-0.3, -0.25) is 4.79 Å². The van der Waals surface area contributed by atoms with Gasteiger partial charge in [-0.1, -0.05) is 32.3 Å². The van der Waals surface area contributed by atoms with Crippen LogP contribution in [0.4, 0.5) is 5.00 Å². The van der Waals surface area contributed by atoms with Crippen LogP contribution >= 0.6 is 11.3 Å². The van der Waals surface area contributed by atoms with Gasteiger partial charge < -0.3 is 9.84 Å². The second-order valence-corrected chi connectivity index (χ2v) is 8.48. The molecule has 0 saturated carbocycles. The number of anilines is 1. The van der Waals surface area contributed by atoms with Crippen LogP contribution < -0.4 is 5.32 Å². The minimum Gasteiger partial charge on any atom is -0.361 e. The largest absolute Gasteiger partial charge is 0.361 e. The van der Waals surface area contributed by atoms with E-state index in [0.717, 1.165) is 31.2 Å². The van der Waals surface area contributed by atoms with Gasteiger partial charge in [-0.2, -0.15) is 5.26 Å². The highest BCUT2D eigenvalue weighted by atomic mass is 32.1. The summed E-state index contributed by atoms with van der Waals surface area (Å²) in [5, 5.41) is 16.8. The molecule has 5 nitrogen and oxygen atoms in total. The van der Waals surface area contributed by atoms with Gasteiger partial charge in [-0.05, 0) is 43.1 Å². The third kappa shape index (κ3) is 3.34. The van der Waals surface area contributed by atoms with Crippen molar-refractivity contribution in [2.45, 2.75) is 53.4 Å². The molecule has 0 saturated heterocycles. The van der Waals surface area contributed by atoms with Crippen molar-refractivity contribution < 1.29 is 9.32 Å². The molecule has 0 fully saturated rings. The van der Waals surface area contributed by atoms with Crippen molar-refractivity contribution in [3.63, 3.8) is 0 Å². The maximum absolute atomic E-state index is 12.3. The number of thiophene rings is 1. The molecule has 6 heteroatoms. The molecule has 25 heavy (non-hydrogen) atoms. The summed E-state index contributed by atoms with van der Waals surface area (Å²) in [4.78, 5) is 13.6. The van der Waals surface area contributed by atoms with Crippen molar-refractivity contribution in [1.29, 1.82) is 5.26 Å². The lowest BCUT2D eigenvalue weighted by molar-refractivity contribution is 0.101. The third-order valence-electron chi connectivity index (χ3n) is 5.48. The van der Waals surface area contributed by atoms with Crippen molar-refractivity contribution in [2.75, 3.05) is 5.32 Å². The van der Waals surface area contributed by atoms with Gasteiger partial charge >= 0.3 is 0 Å². The number of hydrogen-bond donors (Lipinski definition) is 1. The first-order chi connectivity index (χ1) is 11.9. The molecule has 0 radical (unpaired) electrons. The molecule has 1 aliphatic rings. The Morgan fingerprint density at radius 2 is 2.32 bits per heavy atom. The van der Waals surface area contributed by atoms with E-state index in [2.05, 4.69) is 37.3 Å². The molecular weight excluding hydrogens is 334 g/mol. The van der Waals surface area contributed by atoms with Gasteiger partial charge in [0, 0.05) is 10.9 Å². The molecular formula is C19H23N3O2S. The predicted octanol–water partition coefficient (Wildman–Crippen LogP) is 4.71. The van der Waals surface area contributed by atoms with Gasteiger partial charge in [-0.25, -0.2) is 0 Å². The maximum Gasteiger partial charge on any atom is 0.278 e. The van der Waals surface area contributed by atoms with Crippen molar-refractivity contribution >= 4 is 22.2 Å². The highest BCUT2D eigenvalue weighted by Gasteiger charge is 2.34. The summed E-state index contributed by atoms with van der Waals surface area (Å²) in [5.41, 5.74) is 2.25. The first kappa shape index (κ1) is 17.7. The fourth-order valence-corrected chi connectivity index (χ4v) is 4.66. The zero-order valence-electron chi connectivity index (χ0n) is 15.1. The summed E-state index contributed by atoms with van der Waals surface area (Å²) in [5.74, 6) is 0.857. The molecule has 0 bridgehead atoms. The quantitative estimate of drug-likeness (QED) is 0.859. The van der Waals surface area contributed by atoms with E-state index in [9.17, 15) is 10.1 Å². The van der Waals surface area contributed by atoms with Crippen molar-refractivity contribution in [2.24, 2.45) is 11.3 Å². The zero-order chi connectivity index (χ0) is 18.2. The third-order valence-corrected chi connectivity index (χ3v) is 6.65. The second kappa shape index (κ2) is 6.64. The van der Waals surface area contributed by atoms with Gasteiger partial charge in [0.25, 0.3) is 5.91 Å². The van der Waals surface area contributed by atoms with Crippen LogP contribution in [-0.2, 0) is 12.8 Å². The van der Waals surface area contributed by atoms with Gasteiger partial charge in [0.1, 0.15) is 16.8 Å². The Morgan fingerprint density at radius 1 is 1.56 bits per heavy atom. The molecule has 2 heterocycles. The fourth-order valence-electron chi connectivity index (χ4n) is 3.39. The SMILES string of the molecule is CCC(C)(C)[C@H]1CCc2c(sc(NC(=O)c3cc(C)on3)c2C#N)C1. The Kier molecular flexibility index (Phi) is 4.70. The summed E-state index contributed by atoms with van der Waals surface area (Å²) in [6.45, 7) is 8.61. The number of hydrogen-bond acceptors (Lipinski definition) is 5. The average molecular weight is 357 g/mol. The van der Waals surface area contributed by atoms with Crippen LogP contribution in [0.1, 0.15) is 65.9 Å². The van der Waals surface area contributed by atoms with E-state index in [1.54, 1.807) is 13.0 Å². The monoisotopic (exact) mass is 357 g/mol. The Balaban J connectivity index is 1.86. The van der Waals surface area contributed by atoms with Gasteiger partial charge in [0.15, 0.2) is 5.69 Å². The number of aromatic nitrogens is 1. The van der Waals surface area contributed by atoms with Crippen LogP contribution in [0.2, 0.25) is 0 Å². The summed E-state index contributed by atoms with van der Waals surface area (Å²) >= 11 is 1.53. The van der Waals surface area contributed by atoms with Crippen LogP contribution in [0.25, 0.3) is 0 Å². The normalized spacial score (nSPS) is 17.0. The summed E-state index contributed by atoms with van der Waals surface area (Å²) < 4.78 is 4.95. The van der Waals surface area contributed by atoms with Gasteiger partial charge in [0.2, 0.25) is 0 Å². The number of carbonyl (C=O) groups is 1. The number of aryl methyl sites for hydroxylation is 1. The van der Waals surface area contributed by atoms with E-state index < -0.39 is 0 Å². The number of nitriles is 1. The van der Waals surface area contributed by atoms with E-state index in [0.29, 0.717) is 22.2 Å². The fraction of sp³-hybridized carbons (Fsp3) is 0.526. The van der Waals surface area contributed by atoms with E-state index in [1.165, 1.54) is 16.2 Å². The molecule has 0 spiro atoms. The van der Waals surface area contributed by atoms with Crippen molar-refractivity contribution in [3.8, 4) is 6.07 Å². The van der Waals surface area contributed by atoms with E-state index in [1.807, 2.05) is 0 Å². The molecule has 1 N–H and O–H groups in total. The molecule has 2 aromatic rings. The molecule has 1 aliphatic carbocycles. The smallest absolute Gasteiger partial charge is 0.278 e. The Bertz CT molecular complexity index is 841. The van der Waals surface area contributed by atoms with Crippen molar-refractivity contribution in [1.82, 2.24) is 5.16 Å². The first-order valence-corrected chi connectivity index (χ1v) is 9.46. The van der Waals surface area contributed by atoms with Gasteiger partial charge in [0.05, 0.1) is 5.56 Å². The zero-order valence-corrected chi connectivity index (χ0v) is 15.9. The lowest BCUT2D eigenvalue weighted by Crippen LogP contribution is -2.28. The van der Waals surface area contributed by atoms with Crippen molar-refractivity contribution in [3.05, 3.63) is 33.5 Å². The highest BCUT2D eigenvalue weighted by molar-refractivity contribution is 7.16. The molecule has 3 rings (SSSR count). The van der Waals surface area contributed by atoms with Crippen LogP contribution in [0.15, 0.2) is 10.6 Å². The molecule has 0 unspecified atom stereocenters. The van der Waals surface area contributed by atoms with Gasteiger partial charge in [-0.15, -0.1) is 11.3 Å². The number of rotatable bonds is 4. The Labute approximate surface area is 152 Å². The van der Waals surface area contributed by atoms with E-state index in [4.69, 9.17) is 4.52 Å². The molecule has 132 valence electrons. The highest BCUT2D eigenvalue weighted by Crippen LogP contribution is 2.45.